The van der Waals surface area contributed by atoms with Gasteiger partial charge in [0.15, 0.2) is 0 Å². The third-order valence-corrected chi connectivity index (χ3v) is 2.98. The highest BCUT2D eigenvalue weighted by molar-refractivity contribution is 5.88. The van der Waals surface area contributed by atoms with Gasteiger partial charge in [0.05, 0.1) is 0 Å². The summed E-state index contributed by atoms with van der Waals surface area (Å²) in [6, 6.07) is 8.87. The molecule has 5 nitrogen and oxygen atoms in total. The molecule has 0 atom stereocenters. The first-order valence-corrected chi connectivity index (χ1v) is 6.51. The number of hydrogen-bond acceptors (Lipinski definition) is 2. The van der Waals surface area contributed by atoms with Gasteiger partial charge in [-0.3, -0.25) is 4.79 Å². The molecule has 21 heavy (non-hydrogen) atoms. The van der Waals surface area contributed by atoms with Crippen molar-refractivity contribution in [3.05, 3.63) is 64.3 Å². The van der Waals surface area contributed by atoms with Gasteiger partial charge in [-0.15, -0.1) is 0 Å². The van der Waals surface area contributed by atoms with Crippen LogP contribution in [0.4, 0.5) is 14.9 Å². The predicted molar refractivity (Wildman–Crippen MR) is 78.8 cm³/mol. The van der Waals surface area contributed by atoms with Crippen LogP contribution >= 0.6 is 0 Å². The van der Waals surface area contributed by atoms with Crippen molar-refractivity contribution in [3.63, 3.8) is 0 Å². The van der Waals surface area contributed by atoms with Gasteiger partial charge in [-0.2, -0.15) is 0 Å². The Balaban J connectivity index is 1.84. The fraction of sp³-hybridized carbons (Fsp3) is 0.200. The summed E-state index contributed by atoms with van der Waals surface area (Å²) in [4.78, 5) is 23.4. The number of carbonyl (C=O) groups is 1. The van der Waals surface area contributed by atoms with Crippen molar-refractivity contribution in [2.45, 2.75) is 6.42 Å². The monoisotopic (exact) mass is 289 g/mol. The lowest BCUT2D eigenvalue weighted by Crippen LogP contribution is -2.33. The molecule has 110 valence electrons. The van der Waals surface area contributed by atoms with Crippen LogP contribution in [0.15, 0.2) is 47.4 Å². The van der Waals surface area contributed by atoms with E-state index < -0.39 is 6.03 Å². The van der Waals surface area contributed by atoms with Crippen molar-refractivity contribution in [1.82, 2.24) is 9.88 Å². The molecule has 6 heteroatoms. The molecular formula is C15H16FN3O2. The Morgan fingerprint density at radius 3 is 2.67 bits per heavy atom. The van der Waals surface area contributed by atoms with Gasteiger partial charge in [-0.05, 0) is 36.2 Å². The van der Waals surface area contributed by atoms with E-state index in [1.165, 1.54) is 16.7 Å². The van der Waals surface area contributed by atoms with Crippen LogP contribution in [-0.2, 0) is 13.5 Å². The minimum atomic E-state index is -0.444. The lowest BCUT2D eigenvalue weighted by Gasteiger charge is -2.08. The SMILES string of the molecule is Cn1cccc(NC(=O)NCCc2ccc(F)cc2)c1=O. The molecule has 1 aromatic carbocycles. The molecule has 0 spiro atoms. The number of pyridine rings is 1. The molecule has 2 amide bonds. The van der Waals surface area contributed by atoms with E-state index in [9.17, 15) is 14.0 Å². The second-order valence-corrected chi connectivity index (χ2v) is 4.60. The number of aromatic nitrogens is 1. The van der Waals surface area contributed by atoms with Crippen LogP contribution < -0.4 is 16.2 Å². The fourth-order valence-electron chi connectivity index (χ4n) is 1.83. The van der Waals surface area contributed by atoms with Gasteiger partial charge in [-0.1, -0.05) is 12.1 Å². The van der Waals surface area contributed by atoms with Crippen LogP contribution in [0.25, 0.3) is 0 Å². The quantitative estimate of drug-likeness (QED) is 0.903. The molecule has 0 fully saturated rings. The molecule has 2 aromatic rings. The van der Waals surface area contributed by atoms with Crippen molar-refractivity contribution >= 4 is 11.7 Å². The second kappa shape index (κ2) is 6.69. The van der Waals surface area contributed by atoms with Gasteiger partial charge in [0.2, 0.25) is 0 Å². The zero-order chi connectivity index (χ0) is 15.2. The van der Waals surface area contributed by atoms with E-state index in [0.29, 0.717) is 13.0 Å². The van der Waals surface area contributed by atoms with Gasteiger partial charge in [0.1, 0.15) is 11.5 Å². The Kier molecular flexibility index (Phi) is 4.71. The van der Waals surface area contributed by atoms with Crippen LogP contribution in [-0.4, -0.2) is 17.1 Å². The smallest absolute Gasteiger partial charge is 0.319 e. The zero-order valence-electron chi connectivity index (χ0n) is 11.6. The number of anilines is 1. The molecular weight excluding hydrogens is 273 g/mol. The Morgan fingerprint density at radius 2 is 1.95 bits per heavy atom. The third kappa shape index (κ3) is 4.17. The van der Waals surface area contributed by atoms with Gasteiger partial charge >= 0.3 is 6.03 Å². The molecule has 0 aliphatic rings. The number of nitrogens with one attached hydrogen (secondary N) is 2. The maximum Gasteiger partial charge on any atom is 0.319 e. The van der Waals surface area contributed by atoms with E-state index >= 15 is 0 Å². The first-order chi connectivity index (χ1) is 10.1. The van der Waals surface area contributed by atoms with Crippen molar-refractivity contribution < 1.29 is 9.18 Å². The Labute approximate surface area is 121 Å². The number of carbonyl (C=O) groups excluding carboxylic acids is 1. The standard InChI is InChI=1S/C15H16FN3O2/c1-19-10-2-3-13(14(19)20)18-15(21)17-9-8-11-4-6-12(16)7-5-11/h2-7,10H,8-9H2,1H3,(H2,17,18,21). The Bertz CT molecular complexity index is 680. The Morgan fingerprint density at radius 1 is 1.24 bits per heavy atom. The van der Waals surface area contributed by atoms with Crippen molar-refractivity contribution in [3.8, 4) is 0 Å². The summed E-state index contributed by atoms with van der Waals surface area (Å²) < 4.78 is 14.1. The summed E-state index contributed by atoms with van der Waals surface area (Å²) in [6.45, 7) is 0.393. The molecule has 2 rings (SSSR count). The summed E-state index contributed by atoms with van der Waals surface area (Å²) in [5.74, 6) is -0.288. The van der Waals surface area contributed by atoms with Gasteiger partial charge in [-0.25, -0.2) is 9.18 Å². The van der Waals surface area contributed by atoms with E-state index in [1.807, 2.05) is 0 Å². The van der Waals surface area contributed by atoms with E-state index in [-0.39, 0.29) is 17.1 Å². The number of nitrogens with zero attached hydrogens (tertiary/aromatic N) is 1. The minimum absolute atomic E-state index is 0.222. The number of hydrogen-bond donors (Lipinski definition) is 2. The number of aryl methyl sites for hydroxylation is 1. The number of amides is 2. The lowest BCUT2D eigenvalue weighted by molar-refractivity contribution is 0.252. The highest BCUT2D eigenvalue weighted by Gasteiger charge is 2.05. The van der Waals surface area contributed by atoms with Gasteiger partial charge in [0, 0.05) is 19.8 Å². The molecule has 1 aromatic heterocycles. The summed E-state index contributed by atoms with van der Waals surface area (Å²) >= 11 is 0. The first-order valence-electron chi connectivity index (χ1n) is 6.51. The number of benzene rings is 1. The Hall–Kier alpha value is -2.63. The van der Waals surface area contributed by atoms with E-state index in [1.54, 1.807) is 37.5 Å². The van der Waals surface area contributed by atoms with Crippen molar-refractivity contribution in [1.29, 1.82) is 0 Å². The van der Waals surface area contributed by atoms with Crippen molar-refractivity contribution in [2.24, 2.45) is 7.05 Å². The van der Waals surface area contributed by atoms with Gasteiger partial charge < -0.3 is 15.2 Å². The van der Waals surface area contributed by atoms with E-state index in [0.717, 1.165) is 5.56 Å². The first kappa shape index (κ1) is 14.8. The predicted octanol–water partition coefficient (Wildman–Crippen LogP) is 1.89. The number of rotatable bonds is 4. The second-order valence-electron chi connectivity index (χ2n) is 4.60. The zero-order valence-corrected chi connectivity index (χ0v) is 11.6. The van der Waals surface area contributed by atoms with Crippen LogP contribution in [0.5, 0.6) is 0 Å². The fourth-order valence-corrected chi connectivity index (χ4v) is 1.83. The normalized spacial score (nSPS) is 10.2. The molecule has 0 aliphatic heterocycles. The average Bonchev–Trinajstić information content (AvgIpc) is 2.46. The van der Waals surface area contributed by atoms with Crippen LogP contribution in [0.2, 0.25) is 0 Å². The maximum absolute atomic E-state index is 12.7. The summed E-state index contributed by atoms with van der Waals surface area (Å²) in [5, 5.41) is 5.15. The topological polar surface area (TPSA) is 63.1 Å². The highest BCUT2D eigenvalue weighted by Crippen LogP contribution is 2.03. The summed E-state index contributed by atoms with van der Waals surface area (Å²) in [6.07, 6.45) is 2.19. The number of urea groups is 1. The molecule has 2 N–H and O–H groups in total. The maximum atomic E-state index is 12.7. The summed E-state index contributed by atoms with van der Waals surface area (Å²) in [7, 11) is 1.61. The molecule has 0 saturated heterocycles. The van der Waals surface area contributed by atoms with Crippen LogP contribution in [0, 0.1) is 5.82 Å². The van der Waals surface area contributed by atoms with Gasteiger partial charge in [0.25, 0.3) is 5.56 Å². The van der Waals surface area contributed by atoms with E-state index in [4.69, 9.17) is 0 Å². The molecule has 0 radical (unpaired) electrons. The van der Waals surface area contributed by atoms with Crippen LogP contribution in [0.3, 0.4) is 0 Å². The molecule has 0 saturated carbocycles. The molecule has 0 aliphatic carbocycles. The highest BCUT2D eigenvalue weighted by atomic mass is 19.1. The molecule has 0 unspecified atom stereocenters. The molecule has 0 bridgehead atoms. The van der Waals surface area contributed by atoms with E-state index in [2.05, 4.69) is 10.6 Å². The lowest BCUT2D eigenvalue weighted by atomic mass is 10.1. The number of halogens is 1. The summed E-state index contributed by atoms with van der Waals surface area (Å²) in [5.41, 5.74) is 0.873. The van der Waals surface area contributed by atoms with Crippen molar-refractivity contribution in [2.75, 3.05) is 11.9 Å². The largest absolute Gasteiger partial charge is 0.338 e. The minimum Gasteiger partial charge on any atom is -0.338 e. The molecule has 1 heterocycles. The van der Waals surface area contributed by atoms with Crippen LogP contribution in [0.1, 0.15) is 5.56 Å². The average molecular weight is 289 g/mol. The third-order valence-electron chi connectivity index (χ3n) is 2.98.